The molecule has 7 heteroatoms. The first kappa shape index (κ1) is 20.9. The van der Waals surface area contributed by atoms with E-state index in [4.69, 9.17) is 14.2 Å². The lowest BCUT2D eigenvalue weighted by Crippen LogP contribution is -2.44. The van der Waals surface area contributed by atoms with Crippen molar-refractivity contribution in [3.8, 4) is 17.2 Å². The summed E-state index contributed by atoms with van der Waals surface area (Å²) in [5.41, 5.74) is 0.0609. The quantitative estimate of drug-likeness (QED) is 0.685. The molecule has 0 saturated heterocycles. The molecule has 0 radical (unpaired) electrons. The largest absolute Gasteiger partial charge is 0.493 e. The smallest absolute Gasteiger partial charge is 0.311 e. The van der Waals surface area contributed by atoms with Gasteiger partial charge < -0.3 is 24.6 Å². The average Bonchev–Trinajstić information content (AvgIpc) is 2.70. The molecule has 2 rings (SSSR count). The second kappa shape index (κ2) is 9.48. The molecule has 1 aromatic carbocycles. The van der Waals surface area contributed by atoms with Gasteiger partial charge in [-0.25, -0.2) is 0 Å². The molecule has 0 aromatic heterocycles. The predicted octanol–water partition coefficient (Wildman–Crippen LogP) is 2.80. The van der Waals surface area contributed by atoms with Crippen LogP contribution in [-0.4, -0.2) is 44.9 Å². The Morgan fingerprint density at radius 3 is 2.11 bits per heavy atom. The van der Waals surface area contributed by atoms with Crippen LogP contribution in [0, 0.1) is 5.41 Å². The van der Waals surface area contributed by atoms with Gasteiger partial charge in [-0.05, 0) is 37.0 Å². The molecule has 1 fully saturated rings. The molecule has 0 unspecified atom stereocenters. The molecule has 1 aliphatic rings. The maximum atomic E-state index is 12.3. The number of aliphatic carboxylic acids is 1. The standard InChI is InChI=1S/C20H29NO6/c1-25-15-11-14(12-16(26-2)18(15)27-3)7-8-17(22)21-13-20(19(23)24)9-5-4-6-10-20/h11-12H,4-10,13H2,1-3H3,(H,21,22)(H,23,24). The van der Waals surface area contributed by atoms with Crippen molar-refractivity contribution in [2.45, 2.75) is 44.9 Å². The highest BCUT2D eigenvalue weighted by atomic mass is 16.5. The number of methoxy groups -OCH3 is 3. The van der Waals surface area contributed by atoms with Gasteiger partial charge in [0.15, 0.2) is 11.5 Å². The van der Waals surface area contributed by atoms with Crippen LogP contribution in [0.5, 0.6) is 17.2 Å². The fourth-order valence-corrected chi connectivity index (χ4v) is 3.59. The van der Waals surface area contributed by atoms with E-state index in [0.717, 1.165) is 24.8 Å². The molecular weight excluding hydrogens is 350 g/mol. The number of hydrogen-bond acceptors (Lipinski definition) is 5. The van der Waals surface area contributed by atoms with E-state index in [1.165, 1.54) is 7.11 Å². The normalized spacial score (nSPS) is 15.7. The molecule has 150 valence electrons. The van der Waals surface area contributed by atoms with E-state index >= 15 is 0 Å². The summed E-state index contributed by atoms with van der Waals surface area (Å²) in [5.74, 6) is 0.620. The summed E-state index contributed by atoms with van der Waals surface area (Å²) in [6.45, 7) is 0.191. The summed E-state index contributed by atoms with van der Waals surface area (Å²) < 4.78 is 15.9. The van der Waals surface area contributed by atoms with E-state index in [9.17, 15) is 14.7 Å². The lowest BCUT2D eigenvalue weighted by atomic mass is 9.74. The number of ether oxygens (including phenoxy) is 3. The SMILES string of the molecule is COc1cc(CCC(=O)NCC2(C(=O)O)CCCCC2)cc(OC)c1OC. The van der Waals surface area contributed by atoms with Crippen molar-refractivity contribution in [3.63, 3.8) is 0 Å². The third-order valence-corrected chi connectivity index (χ3v) is 5.25. The first-order valence-electron chi connectivity index (χ1n) is 9.24. The van der Waals surface area contributed by atoms with Gasteiger partial charge in [0.25, 0.3) is 0 Å². The zero-order valence-electron chi connectivity index (χ0n) is 16.3. The fraction of sp³-hybridized carbons (Fsp3) is 0.600. The first-order chi connectivity index (χ1) is 13.0. The highest BCUT2D eigenvalue weighted by Crippen LogP contribution is 2.38. The van der Waals surface area contributed by atoms with Crippen LogP contribution in [-0.2, 0) is 16.0 Å². The molecule has 2 N–H and O–H groups in total. The van der Waals surface area contributed by atoms with Crippen molar-refractivity contribution in [3.05, 3.63) is 17.7 Å². The molecule has 1 saturated carbocycles. The van der Waals surface area contributed by atoms with E-state index in [-0.39, 0.29) is 18.9 Å². The topological polar surface area (TPSA) is 94.1 Å². The molecule has 0 spiro atoms. The number of benzene rings is 1. The number of rotatable bonds is 9. The van der Waals surface area contributed by atoms with Crippen molar-refractivity contribution in [1.29, 1.82) is 0 Å². The molecule has 1 aromatic rings. The summed E-state index contributed by atoms with van der Waals surface area (Å²) in [6, 6.07) is 3.63. The zero-order chi connectivity index (χ0) is 19.9. The molecule has 0 atom stereocenters. The number of nitrogens with one attached hydrogen (secondary N) is 1. The van der Waals surface area contributed by atoms with Crippen LogP contribution >= 0.6 is 0 Å². The summed E-state index contributed by atoms with van der Waals surface area (Å²) in [4.78, 5) is 23.9. The van der Waals surface area contributed by atoms with Gasteiger partial charge in [-0.1, -0.05) is 19.3 Å². The van der Waals surface area contributed by atoms with Gasteiger partial charge in [0.2, 0.25) is 11.7 Å². The van der Waals surface area contributed by atoms with Crippen molar-refractivity contribution in [2.75, 3.05) is 27.9 Å². The van der Waals surface area contributed by atoms with Crippen molar-refractivity contribution >= 4 is 11.9 Å². The van der Waals surface area contributed by atoms with Crippen LogP contribution in [0.1, 0.15) is 44.1 Å². The highest BCUT2D eigenvalue weighted by molar-refractivity contribution is 5.79. The lowest BCUT2D eigenvalue weighted by molar-refractivity contribution is -0.151. The number of carbonyl (C=O) groups excluding carboxylic acids is 1. The van der Waals surface area contributed by atoms with Crippen molar-refractivity contribution < 1.29 is 28.9 Å². The van der Waals surface area contributed by atoms with E-state index in [1.807, 2.05) is 12.1 Å². The Hall–Kier alpha value is -2.44. The van der Waals surface area contributed by atoms with Gasteiger partial charge in [0.1, 0.15) is 0 Å². The van der Waals surface area contributed by atoms with Crippen molar-refractivity contribution in [1.82, 2.24) is 5.32 Å². The highest BCUT2D eigenvalue weighted by Gasteiger charge is 2.39. The number of aryl methyl sites for hydroxylation is 1. The molecule has 27 heavy (non-hydrogen) atoms. The summed E-state index contributed by atoms with van der Waals surface area (Å²) in [5, 5.41) is 12.4. The minimum absolute atomic E-state index is 0.157. The molecule has 0 heterocycles. The number of carboxylic acid groups (broad SMARTS) is 1. The van der Waals surface area contributed by atoms with Gasteiger partial charge in [-0.3, -0.25) is 9.59 Å². The van der Waals surface area contributed by atoms with Crippen LogP contribution in [0.2, 0.25) is 0 Å². The van der Waals surface area contributed by atoms with Gasteiger partial charge in [-0.2, -0.15) is 0 Å². The van der Waals surface area contributed by atoms with E-state index in [1.54, 1.807) is 14.2 Å². The van der Waals surface area contributed by atoms with E-state index in [0.29, 0.717) is 36.5 Å². The Morgan fingerprint density at radius 2 is 1.63 bits per heavy atom. The van der Waals surface area contributed by atoms with Gasteiger partial charge in [-0.15, -0.1) is 0 Å². The molecular formula is C20H29NO6. The summed E-state index contributed by atoms with van der Waals surface area (Å²) in [7, 11) is 4.63. The van der Waals surface area contributed by atoms with Crippen LogP contribution in [0.3, 0.4) is 0 Å². The Labute approximate surface area is 160 Å². The predicted molar refractivity (Wildman–Crippen MR) is 101 cm³/mol. The third kappa shape index (κ3) is 5.05. The second-order valence-corrected chi connectivity index (χ2v) is 6.96. The molecule has 0 aliphatic heterocycles. The Kier molecular flexibility index (Phi) is 7.33. The van der Waals surface area contributed by atoms with Crippen LogP contribution in [0.4, 0.5) is 0 Å². The minimum atomic E-state index is -0.819. The molecule has 0 bridgehead atoms. The average molecular weight is 379 g/mol. The summed E-state index contributed by atoms with van der Waals surface area (Å²) in [6.07, 6.45) is 4.84. The molecule has 1 amide bonds. The zero-order valence-corrected chi connectivity index (χ0v) is 16.3. The third-order valence-electron chi connectivity index (χ3n) is 5.25. The number of hydrogen-bond donors (Lipinski definition) is 2. The molecule has 1 aliphatic carbocycles. The lowest BCUT2D eigenvalue weighted by Gasteiger charge is -2.33. The number of carbonyl (C=O) groups is 2. The first-order valence-corrected chi connectivity index (χ1v) is 9.24. The monoisotopic (exact) mass is 379 g/mol. The Bertz CT molecular complexity index is 641. The molecule has 7 nitrogen and oxygen atoms in total. The van der Waals surface area contributed by atoms with E-state index in [2.05, 4.69) is 5.32 Å². The van der Waals surface area contributed by atoms with Gasteiger partial charge in [0, 0.05) is 13.0 Å². The number of carboxylic acids is 1. The maximum Gasteiger partial charge on any atom is 0.311 e. The van der Waals surface area contributed by atoms with Crippen LogP contribution in [0.25, 0.3) is 0 Å². The van der Waals surface area contributed by atoms with Crippen LogP contribution < -0.4 is 19.5 Å². The second-order valence-electron chi connectivity index (χ2n) is 6.96. The number of amides is 1. The Morgan fingerprint density at radius 1 is 1.04 bits per heavy atom. The summed E-state index contributed by atoms with van der Waals surface area (Å²) >= 11 is 0. The minimum Gasteiger partial charge on any atom is -0.493 e. The van der Waals surface area contributed by atoms with Gasteiger partial charge in [0.05, 0.1) is 26.7 Å². The van der Waals surface area contributed by atoms with Gasteiger partial charge >= 0.3 is 5.97 Å². The van der Waals surface area contributed by atoms with Crippen molar-refractivity contribution in [2.24, 2.45) is 5.41 Å². The fourth-order valence-electron chi connectivity index (χ4n) is 3.59. The maximum absolute atomic E-state index is 12.3. The van der Waals surface area contributed by atoms with E-state index < -0.39 is 11.4 Å². The Balaban J connectivity index is 1.96. The van der Waals surface area contributed by atoms with Crippen LogP contribution in [0.15, 0.2) is 12.1 Å².